The lowest BCUT2D eigenvalue weighted by molar-refractivity contribution is 0.0983. The second kappa shape index (κ2) is 8.13. The first-order valence-electron chi connectivity index (χ1n) is 7.99. The third-order valence-electron chi connectivity index (χ3n) is 3.73. The van der Waals surface area contributed by atoms with Crippen LogP contribution in [0.5, 0.6) is 0 Å². The molecule has 0 atom stereocenters. The molecule has 0 aliphatic rings. The third-order valence-corrected chi connectivity index (χ3v) is 5.25. The van der Waals surface area contributed by atoms with E-state index in [0.717, 1.165) is 29.1 Å². The van der Waals surface area contributed by atoms with Gasteiger partial charge in [0.2, 0.25) is 0 Å². The Morgan fingerprint density at radius 2 is 2.08 bits per heavy atom. The number of ketones is 1. The van der Waals surface area contributed by atoms with E-state index in [4.69, 9.17) is 23.2 Å². The van der Waals surface area contributed by atoms with Gasteiger partial charge >= 0.3 is 0 Å². The minimum absolute atomic E-state index is 0.0184. The largest absolute Gasteiger partial charge is 0.292 e. The van der Waals surface area contributed by atoms with Gasteiger partial charge in [-0.05, 0) is 30.2 Å². The molecule has 0 aliphatic carbocycles. The number of hydrogen-bond donors (Lipinski definition) is 0. The summed E-state index contributed by atoms with van der Waals surface area (Å²) in [6.07, 6.45) is 3.81. The smallest absolute Gasteiger partial charge is 0.187 e. The van der Waals surface area contributed by atoms with Gasteiger partial charge in [0.25, 0.3) is 0 Å². The van der Waals surface area contributed by atoms with E-state index in [9.17, 15) is 4.79 Å². The average Bonchev–Trinajstić information content (AvgIpc) is 3.21. The van der Waals surface area contributed by atoms with Crippen molar-refractivity contribution < 1.29 is 4.79 Å². The summed E-state index contributed by atoms with van der Waals surface area (Å²) in [4.78, 5) is 16.9. The summed E-state index contributed by atoms with van der Waals surface area (Å²) < 4.78 is 1.75. The van der Waals surface area contributed by atoms with Gasteiger partial charge in [-0.15, -0.1) is 11.3 Å². The molecule has 0 amide bonds. The zero-order valence-electron chi connectivity index (χ0n) is 13.7. The van der Waals surface area contributed by atoms with E-state index in [0.29, 0.717) is 22.3 Å². The molecule has 0 saturated carbocycles. The molecule has 0 bridgehead atoms. The Balaban J connectivity index is 1.88. The summed E-state index contributed by atoms with van der Waals surface area (Å²) in [5, 5.41) is 8.29. The Morgan fingerprint density at radius 3 is 2.76 bits per heavy atom. The van der Waals surface area contributed by atoms with Crippen LogP contribution in [0.4, 0.5) is 0 Å². The van der Waals surface area contributed by atoms with E-state index in [2.05, 4.69) is 17.0 Å². The molecule has 0 N–H and O–H groups in total. The van der Waals surface area contributed by atoms with Gasteiger partial charge in [0.05, 0.1) is 28.7 Å². The van der Waals surface area contributed by atoms with Crippen molar-refractivity contribution in [1.29, 1.82) is 0 Å². The number of thiazole rings is 1. The molecule has 0 radical (unpaired) electrons. The maximum atomic E-state index is 12.7. The van der Waals surface area contributed by atoms with Crippen LogP contribution >= 0.6 is 34.5 Å². The van der Waals surface area contributed by atoms with Gasteiger partial charge in [0, 0.05) is 11.6 Å². The molecule has 0 aliphatic heterocycles. The zero-order valence-corrected chi connectivity index (χ0v) is 16.0. The lowest BCUT2D eigenvalue weighted by atomic mass is 10.1. The van der Waals surface area contributed by atoms with Gasteiger partial charge in [-0.3, -0.25) is 9.48 Å². The van der Waals surface area contributed by atoms with Crippen LogP contribution < -0.4 is 0 Å². The molecular formula is C18H17Cl2N3OS. The Hall–Kier alpha value is -1.69. The van der Waals surface area contributed by atoms with Crippen molar-refractivity contribution in [2.45, 2.75) is 32.7 Å². The molecule has 0 fully saturated rings. The highest BCUT2D eigenvalue weighted by Gasteiger charge is 2.17. The number of nitrogens with zero attached hydrogens (tertiary/aromatic N) is 3. The molecule has 3 aromatic rings. The van der Waals surface area contributed by atoms with Crippen LogP contribution in [-0.2, 0) is 19.4 Å². The van der Waals surface area contributed by atoms with Crippen molar-refractivity contribution in [3.63, 3.8) is 0 Å². The fraction of sp³-hybridized carbons (Fsp3) is 0.278. The van der Waals surface area contributed by atoms with E-state index in [1.807, 2.05) is 17.5 Å². The van der Waals surface area contributed by atoms with Crippen LogP contribution in [0.15, 0.2) is 35.8 Å². The number of aromatic nitrogens is 3. The van der Waals surface area contributed by atoms with Crippen LogP contribution in [0.1, 0.15) is 40.1 Å². The third kappa shape index (κ3) is 4.48. The van der Waals surface area contributed by atoms with Gasteiger partial charge in [0.15, 0.2) is 5.78 Å². The summed E-state index contributed by atoms with van der Waals surface area (Å²) in [6.45, 7) is 2.56. The maximum absolute atomic E-state index is 12.7. The normalized spacial score (nSPS) is 11.0. The van der Waals surface area contributed by atoms with E-state index in [1.54, 1.807) is 23.0 Å². The number of rotatable bonds is 7. The van der Waals surface area contributed by atoms with Crippen molar-refractivity contribution in [1.82, 2.24) is 14.8 Å². The first kappa shape index (κ1) is 18.1. The molecule has 2 aromatic heterocycles. The standard InChI is InChI=1S/C18H17Cl2N3OS/c1-2-3-13-9-16(17(24)10-18-21-6-7-25-18)23(22-13)11-12-4-5-14(19)15(20)8-12/h4-9H,2-3,10-11H2,1H3. The van der Waals surface area contributed by atoms with Crippen LogP contribution in [0.2, 0.25) is 10.0 Å². The summed E-state index contributed by atoms with van der Waals surface area (Å²) in [6, 6.07) is 7.34. The Kier molecular flexibility index (Phi) is 5.89. The summed E-state index contributed by atoms with van der Waals surface area (Å²) in [7, 11) is 0. The molecule has 0 unspecified atom stereocenters. The van der Waals surface area contributed by atoms with Crippen LogP contribution in [0.3, 0.4) is 0 Å². The lowest BCUT2D eigenvalue weighted by Gasteiger charge is -2.07. The number of benzene rings is 1. The monoisotopic (exact) mass is 393 g/mol. The molecule has 7 heteroatoms. The molecular weight excluding hydrogens is 377 g/mol. The van der Waals surface area contributed by atoms with Gasteiger partial charge in [-0.2, -0.15) is 5.10 Å². The van der Waals surface area contributed by atoms with Crippen LogP contribution in [0.25, 0.3) is 0 Å². The molecule has 4 nitrogen and oxygen atoms in total. The SMILES string of the molecule is CCCc1cc(C(=O)Cc2nccs2)n(Cc2ccc(Cl)c(Cl)c2)n1. The minimum atomic E-state index is 0.0184. The number of Topliss-reactive ketones (excluding diaryl/α,β-unsaturated/α-hetero) is 1. The van der Waals surface area contributed by atoms with Gasteiger partial charge in [0.1, 0.15) is 10.7 Å². The Bertz CT molecular complexity index is 875. The first-order chi connectivity index (χ1) is 12.1. The quantitative estimate of drug-likeness (QED) is 0.526. The van der Waals surface area contributed by atoms with Crippen LogP contribution in [0, 0.1) is 0 Å². The highest BCUT2D eigenvalue weighted by molar-refractivity contribution is 7.09. The Morgan fingerprint density at radius 1 is 1.24 bits per heavy atom. The highest BCUT2D eigenvalue weighted by atomic mass is 35.5. The number of carbonyl (C=O) groups excluding carboxylic acids is 1. The average molecular weight is 394 g/mol. The fourth-order valence-electron chi connectivity index (χ4n) is 2.57. The zero-order chi connectivity index (χ0) is 17.8. The number of halogens is 2. The number of aryl methyl sites for hydroxylation is 1. The van der Waals surface area contributed by atoms with Gasteiger partial charge < -0.3 is 0 Å². The van der Waals surface area contributed by atoms with Gasteiger partial charge in [-0.1, -0.05) is 42.6 Å². The molecule has 2 heterocycles. The van der Waals surface area contributed by atoms with E-state index in [-0.39, 0.29) is 12.2 Å². The van der Waals surface area contributed by atoms with Crippen LogP contribution in [-0.4, -0.2) is 20.5 Å². The molecule has 0 spiro atoms. The predicted octanol–water partition coefficient (Wildman–Crippen LogP) is 5.07. The molecule has 130 valence electrons. The maximum Gasteiger partial charge on any atom is 0.187 e. The summed E-state index contributed by atoms with van der Waals surface area (Å²) in [5.74, 6) is 0.0184. The van der Waals surface area contributed by atoms with Crippen molar-refractivity contribution in [2.24, 2.45) is 0 Å². The fourth-order valence-corrected chi connectivity index (χ4v) is 3.51. The minimum Gasteiger partial charge on any atom is -0.292 e. The number of carbonyl (C=O) groups is 1. The summed E-state index contributed by atoms with van der Waals surface area (Å²) >= 11 is 13.6. The Labute approximate surface area is 160 Å². The van der Waals surface area contributed by atoms with Crippen molar-refractivity contribution in [2.75, 3.05) is 0 Å². The van der Waals surface area contributed by atoms with E-state index >= 15 is 0 Å². The first-order valence-corrected chi connectivity index (χ1v) is 9.62. The predicted molar refractivity (Wildman–Crippen MR) is 102 cm³/mol. The molecule has 3 rings (SSSR count). The second-order valence-electron chi connectivity index (χ2n) is 5.70. The summed E-state index contributed by atoms with van der Waals surface area (Å²) in [5.41, 5.74) is 2.47. The van der Waals surface area contributed by atoms with Gasteiger partial charge in [-0.25, -0.2) is 4.98 Å². The highest BCUT2D eigenvalue weighted by Crippen LogP contribution is 2.23. The number of hydrogen-bond acceptors (Lipinski definition) is 4. The second-order valence-corrected chi connectivity index (χ2v) is 7.50. The molecule has 1 aromatic carbocycles. The lowest BCUT2D eigenvalue weighted by Crippen LogP contribution is -2.13. The van der Waals surface area contributed by atoms with E-state index < -0.39 is 0 Å². The van der Waals surface area contributed by atoms with Crippen molar-refractivity contribution in [3.05, 3.63) is 67.8 Å². The van der Waals surface area contributed by atoms with Crippen molar-refractivity contribution in [3.8, 4) is 0 Å². The van der Waals surface area contributed by atoms with E-state index in [1.165, 1.54) is 11.3 Å². The molecule has 0 saturated heterocycles. The van der Waals surface area contributed by atoms with Crippen molar-refractivity contribution >= 4 is 40.3 Å². The molecule has 25 heavy (non-hydrogen) atoms. The topological polar surface area (TPSA) is 47.8 Å².